The fourth-order valence-electron chi connectivity index (χ4n) is 2.14. The van der Waals surface area contributed by atoms with Gasteiger partial charge in [0.1, 0.15) is 17.2 Å². The van der Waals surface area contributed by atoms with E-state index >= 15 is 0 Å². The average molecular weight is 371 g/mol. The minimum absolute atomic E-state index is 0.206. The van der Waals surface area contributed by atoms with Crippen molar-refractivity contribution in [3.8, 4) is 17.2 Å². The highest BCUT2D eigenvalue weighted by Gasteiger charge is 2.08. The molecule has 0 spiro atoms. The number of nitrogens with one attached hydrogen (secondary N) is 2. The van der Waals surface area contributed by atoms with Crippen LogP contribution in [0.15, 0.2) is 47.6 Å². The van der Waals surface area contributed by atoms with Gasteiger partial charge in [-0.05, 0) is 36.4 Å². The first-order chi connectivity index (χ1) is 13.1. The van der Waals surface area contributed by atoms with Crippen molar-refractivity contribution in [1.29, 1.82) is 0 Å². The molecule has 2 aromatic rings. The van der Waals surface area contributed by atoms with E-state index in [-0.39, 0.29) is 12.5 Å². The van der Waals surface area contributed by atoms with Gasteiger partial charge in [-0.25, -0.2) is 5.43 Å². The zero-order chi connectivity index (χ0) is 19.6. The molecular weight excluding hydrogens is 350 g/mol. The van der Waals surface area contributed by atoms with Crippen LogP contribution in [0.1, 0.15) is 15.9 Å². The SMILES string of the molecule is COc1ccc(C(=O)NCC(=O)N/N=C/c2ccc(OC)cc2OC)cc1. The summed E-state index contributed by atoms with van der Waals surface area (Å²) < 4.78 is 15.4. The smallest absolute Gasteiger partial charge is 0.259 e. The van der Waals surface area contributed by atoms with E-state index < -0.39 is 5.91 Å². The molecule has 0 aliphatic rings. The molecule has 2 rings (SSSR count). The van der Waals surface area contributed by atoms with Gasteiger partial charge < -0.3 is 19.5 Å². The summed E-state index contributed by atoms with van der Waals surface area (Å²) in [6.07, 6.45) is 1.45. The minimum Gasteiger partial charge on any atom is -0.497 e. The third-order valence-electron chi connectivity index (χ3n) is 3.60. The number of carbonyl (C=O) groups is 2. The van der Waals surface area contributed by atoms with E-state index in [4.69, 9.17) is 14.2 Å². The van der Waals surface area contributed by atoms with Gasteiger partial charge in [0.25, 0.3) is 11.8 Å². The molecule has 0 saturated carbocycles. The van der Waals surface area contributed by atoms with Gasteiger partial charge in [0.15, 0.2) is 0 Å². The third-order valence-corrected chi connectivity index (χ3v) is 3.60. The summed E-state index contributed by atoms with van der Waals surface area (Å²) in [5.74, 6) is 1.02. The summed E-state index contributed by atoms with van der Waals surface area (Å²) in [4.78, 5) is 23.8. The van der Waals surface area contributed by atoms with E-state index in [1.54, 1.807) is 56.7 Å². The highest BCUT2D eigenvalue weighted by molar-refractivity contribution is 5.96. The lowest BCUT2D eigenvalue weighted by atomic mass is 10.2. The maximum atomic E-state index is 12.0. The molecule has 0 fully saturated rings. The van der Waals surface area contributed by atoms with E-state index in [2.05, 4.69) is 15.8 Å². The Labute approximate surface area is 157 Å². The lowest BCUT2D eigenvalue weighted by Crippen LogP contribution is -2.34. The van der Waals surface area contributed by atoms with Crippen molar-refractivity contribution in [2.45, 2.75) is 0 Å². The molecule has 8 heteroatoms. The summed E-state index contributed by atoms with van der Waals surface area (Å²) in [5, 5.41) is 6.38. The molecule has 2 N–H and O–H groups in total. The average Bonchev–Trinajstić information content (AvgIpc) is 2.72. The number of nitrogens with zero attached hydrogens (tertiary/aromatic N) is 1. The molecule has 0 bridgehead atoms. The van der Waals surface area contributed by atoms with Gasteiger partial charge in [-0.15, -0.1) is 0 Å². The van der Waals surface area contributed by atoms with Crippen LogP contribution in [0, 0.1) is 0 Å². The second-order valence-corrected chi connectivity index (χ2v) is 5.31. The zero-order valence-corrected chi connectivity index (χ0v) is 15.3. The number of hydrogen-bond acceptors (Lipinski definition) is 6. The lowest BCUT2D eigenvalue weighted by molar-refractivity contribution is -0.120. The van der Waals surface area contributed by atoms with Crippen LogP contribution < -0.4 is 25.0 Å². The number of ether oxygens (including phenoxy) is 3. The van der Waals surface area contributed by atoms with Crippen LogP contribution in [-0.4, -0.2) is 45.9 Å². The Morgan fingerprint density at radius 2 is 1.63 bits per heavy atom. The highest BCUT2D eigenvalue weighted by Crippen LogP contribution is 2.22. The van der Waals surface area contributed by atoms with Crippen LogP contribution >= 0.6 is 0 Å². The molecule has 2 amide bonds. The van der Waals surface area contributed by atoms with Gasteiger partial charge in [-0.3, -0.25) is 9.59 Å². The van der Waals surface area contributed by atoms with Gasteiger partial charge in [-0.2, -0.15) is 5.10 Å². The summed E-state index contributed by atoms with van der Waals surface area (Å²) in [6.45, 7) is -0.206. The van der Waals surface area contributed by atoms with Gasteiger partial charge >= 0.3 is 0 Å². The molecule has 142 valence electrons. The van der Waals surface area contributed by atoms with Crippen molar-refractivity contribution in [2.75, 3.05) is 27.9 Å². The van der Waals surface area contributed by atoms with Crippen LogP contribution in [0.5, 0.6) is 17.2 Å². The molecule has 0 heterocycles. The fraction of sp³-hybridized carbons (Fsp3) is 0.211. The largest absolute Gasteiger partial charge is 0.497 e. The van der Waals surface area contributed by atoms with Crippen LogP contribution in [0.25, 0.3) is 0 Å². The number of carbonyl (C=O) groups excluding carboxylic acids is 2. The molecule has 0 radical (unpaired) electrons. The summed E-state index contributed by atoms with van der Waals surface area (Å²) in [7, 11) is 4.63. The molecule has 8 nitrogen and oxygen atoms in total. The van der Waals surface area contributed by atoms with Gasteiger partial charge in [-0.1, -0.05) is 0 Å². The first-order valence-corrected chi connectivity index (χ1v) is 8.03. The second kappa shape index (κ2) is 9.81. The Kier molecular flexibility index (Phi) is 7.18. The molecule has 0 aliphatic carbocycles. The Hall–Kier alpha value is -3.55. The standard InChI is InChI=1S/C19H21N3O5/c1-25-15-7-4-13(5-8-15)19(24)20-12-18(23)22-21-11-14-6-9-16(26-2)10-17(14)27-3/h4-11H,12H2,1-3H3,(H,20,24)(H,22,23)/b21-11+. The molecule has 0 unspecified atom stereocenters. The van der Waals surface area contributed by atoms with E-state index in [0.717, 1.165) is 0 Å². The highest BCUT2D eigenvalue weighted by atomic mass is 16.5. The van der Waals surface area contributed by atoms with Gasteiger partial charge in [0, 0.05) is 17.2 Å². The number of benzene rings is 2. The first-order valence-electron chi connectivity index (χ1n) is 8.03. The Morgan fingerprint density at radius 1 is 0.963 bits per heavy atom. The summed E-state index contributed by atoms with van der Waals surface area (Å²) in [6, 6.07) is 11.8. The minimum atomic E-state index is -0.458. The second-order valence-electron chi connectivity index (χ2n) is 5.31. The maximum absolute atomic E-state index is 12.0. The topological polar surface area (TPSA) is 98.2 Å². The molecule has 0 atom stereocenters. The van der Waals surface area contributed by atoms with Crippen molar-refractivity contribution in [2.24, 2.45) is 5.10 Å². The molecule has 2 aromatic carbocycles. The summed E-state index contributed by atoms with van der Waals surface area (Å²) in [5.41, 5.74) is 3.44. The van der Waals surface area contributed by atoms with Crippen molar-refractivity contribution in [1.82, 2.24) is 10.7 Å². The zero-order valence-electron chi connectivity index (χ0n) is 15.3. The van der Waals surface area contributed by atoms with E-state index in [1.165, 1.54) is 13.3 Å². The Balaban J connectivity index is 1.85. The predicted octanol–water partition coefficient (Wildman–Crippen LogP) is 1.59. The third kappa shape index (κ3) is 5.74. The van der Waals surface area contributed by atoms with Crippen LogP contribution in [0.4, 0.5) is 0 Å². The van der Waals surface area contributed by atoms with Crippen LogP contribution in [0.3, 0.4) is 0 Å². The first kappa shape index (κ1) is 19.8. The van der Waals surface area contributed by atoms with Crippen molar-refractivity contribution in [3.05, 3.63) is 53.6 Å². The molecule has 0 aliphatic heterocycles. The van der Waals surface area contributed by atoms with E-state index in [1.807, 2.05) is 0 Å². The molecular formula is C19H21N3O5. The number of amides is 2. The van der Waals surface area contributed by atoms with Gasteiger partial charge in [0.2, 0.25) is 0 Å². The molecule has 27 heavy (non-hydrogen) atoms. The van der Waals surface area contributed by atoms with Gasteiger partial charge in [0.05, 0.1) is 34.1 Å². The monoisotopic (exact) mass is 371 g/mol. The molecule has 0 aromatic heterocycles. The number of methoxy groups -OCH3 is 3. The Bertz CT molecular complexity index is 819. The van der Waals surface area contributed by atoms with E-state index in [9.17, 15) is 9.59 Å². The number of hydrogen-bond donors (Lipinski definition) is 2. The van der Waals surface area contributed by atoms with Crippen LogP contribution in [0.2, 0.25) is 0 Å². The van der Waals surface area contributed by atoms with Crippen molar-refractivity contribution < 1.29 is 23.8 Å². The van der Waals surface area contributed by atoms with Crippen molar-refractivity contribution in [3.63, 3.8) is 0 Å². The lowest BCUT2D eigenvalue weighted by Gasteiger charge is -2.07. The predicted molar refractivity (Wildman–Crippen MR) is 101 cm³/mol. The normalized spacial score (nSPS) is 10.3. The fourth-order valence-corrected chi connectivity index (χ4v) is 2.14. The van der Waals surface area contributed by atoms with Crippen LogP contribution in [-0.2, 0) is 4.79 Å². The number of rotatable bonds is 8. The Morgan fingerprint density at radius 3 is 2.26 bits per heavy atom. The summed E-state index contributed by atoms with van der Waals surface area (Å²) >= 11 is 0. The number of hydrazone groups is 1. The van der Waals surface area contributed by atoms with E-state index in [0.29, 0.717) is 28.4 Å². The van der Waals surface area contributed by atoms with Crippen molar-refractivity contribution >= 4 is 18.0 Å². The quantitative estimate of drug-likeness (QED) is 0.542. The molecule has 0 saturated heterocycles. The maximum Gasteiger partial charge on any atom is 0.259 e.